The first-order valence-corrected chi connectivity index (χ1v) is 8.37. The van der Waals surface area contributed by atoms with Gasteiger partial charge in [-0.2, -0.15) is 0 Å². The molecule has 0 aliphatic heterocycles. The summed E-state index contributed by atoms with van der Waals surface area (Å²) in [5.41, 5.74) is 3.22. The maximum atomic E-state index is 12.0. The molecule has 0 fully saturated rings. The maximum absolute atomic E-state index is 12.0. The standard InChI is InChI=1S/C16H18N4O2S/c1-17-16-20-12(9-23-16)8-18-15(22)19-11-6-5-10-3-2-4-14(21)13(10)7-11/h5-7,9H,2-4,8H2,1H3,(H,17,20)(H2,18,19,22). The summed E-state index contributed by atoms with van der Waals surface area (Å²) < 4.78 is 0. The molecule has 0 spiro atoms. The van der Waals surface area contributed by atoms with Gasteiger partial charge < -0.3 is 16.0 Å². The predicted molar refractivity (Wildman–Crippen MR) is 91.2 cm³/mol. The molecule has 120 valence electrons. The Kier molecular flexibility index (Phi) is 4.57. The van der Waals surface area contributed by atoms with Crippen molar-refractivity contribution in [2.24, 2.45) is 0 Å². The van der Waals surface area contributed by atoms with Crippen molar-refractivity contribution in [2.45, 2.75) is 25.8 Å². The van der Waals surface area contributed by atoms with E-state index in [1.165, 1.54) is 11.3 Å². The van der Waals surface area contributed by atoms with Crippen LogP contribution in [0.25, 0.3) is 0 Å². The minimum atomic E-state index is -0.313. The molecule has 0 bridgehead atoms. The molecule has 0 atom stereocenters. The van der Waals surface area contributed by atoms with E-state index in [2.05, 4.69) is 20.9 Å². The topological polar surface area (TPSA) is 83.1 Å². The third kappa shape index (κ3) is 3.68. The van der Waals surface area contributed by atoms with Crippen LogP contribution in [0.5, 0.6) is 0 Å². The Bertz CT molecular complexity index is 741. The summed E-state index contributed by atoms with van der Waals surface area (Å²) in [5.74, 6) is 0.150. The van der Waals surface area contributed by atoms with Crippen molar-refractivity contribution in [3.05, 3.63) is 40.4 Å². The quantitative estimate of drug-likeness (QED) is 0.804. The van der Waals surface area contributed by atoms with E-state index in [4.69, 9.17) is 0 Å². The number of benzene rings is 1. The van der Waals surface area contributed by atoms with E-state index < -0.39 is 0 Å². The van der Waals surface area contributed by atoms with Gasteiger partial charge in [0.2, 0.25) is 0 Å². The molecule has 1 heterocycles. The fourth-order valence-corrected chi connectivity index (χ4v) is 3.23. The lowest BCUT2D eigenvalue weighted by Gasteiger charge is -2.16. The molecule has 0 unspecified atom stereocenters. The highest BCUT2D eigenvalue weighted by Gasteiger charge is 2.17. The predicted octanol–water partition coefficient (Wildman–Crippen LogP) is 3.03. The minimum absolute atomic E-state index is 0.150. The van der Waals surface area contributed by atoms with E-state index in [9.17, 15) is 9.59 Å². The molecular weight excluding hydrogens is 312 g/mol. The number of amides is 2. The van der Waals surface area contributed by atoms with Crippen LogP contribution in [0.4, 0.5) is 15.6 Å². The van der Waals surface area contributed by atoms with Gasteiger partial charge in [0, 0.05) is 30.1 Å². The van der Waals surface area contributed by atoms with Crippen LogP contribution < -0.4 is 16.0 Å². The van der Waals surface area contributed by atoms with Crippen LogP contribution in [0.15, 0.2) is 23.6 Å². The van der Waals surface area contributed by atoms with Gasteiger partial charge in [-0.3, -0.25) is 4.79 Å². The van der Waals surface area contributed by atoms with Crippen LogP contribution in [0.3, 0.4) is 0 Å². The van der Waals surface area contributed by atoms with Crippen molar-refractivity contribution in [2.75, 3.05) is 17.7 Å². The molecule has 0 saturated heterocycles. The summed E-state index contributed by atoms with van der Waals surface area (Å²) in [6.07, 6.45) is 2.41. The Hall–Kier alpha value is -2.41. The fourth-order valence-electron chi connectivity index (χ4n) is 2.55. The molecule has 2 aromatic rings. The third-order valence-corrected chi connectivity index (χ3v) is 4.62. The summed E-state index contributed by atoms with van der Waals surface area (Å²) in [6.45, 7) is 0.355. The molecule has 2 amide bonds. The second-order valence-corrected chi connectivity index (χ2v) is 6.21. The molecule has 0 saturated carbocycles. The Morgan fingerprint density at radius 1 is 1.35 bits per heavy atom. The number of nitrogens with zero attached hydrogens (tertiary/aromatic N) is 1. The number of aryl methyl sites for hydroxylation is 1. The van der Waals surface area contributed by atoms with Crippen LogP contribution in [0.2, 0.25) is 0 Å². The Balaban J connectivity index is 1.59. The molecule has 1 aliphatic rings. The molecule has 3 rings (SSSR count). The smallest absolute Gasteiger partial charge is 0.319 e. The van der Waals surface area contributed by atoms with Gasteiger partial charge in [-0.15, -0.1) is 11.3 Å². The van der Waals surface area contributed by atoms with E-state index >= 15 is 0 Å². The summed E-state index contributed by atoms with van der Waals surface area (Å²) in [7, 11) is 1.81. The van der Waals surface area contributed by atoms with E-state index in [1.807, 2.05) is 17.5 Å². The number of carbonyl (C=O) groups excluding carboxylic acids is 2. The van der Waals surface area contributed by atoms with Gasteiger partial charge in [-0.05, 0) is 30.5 Å². The Labute approximate surface area is 138 Å². The van der Waals surface area contributed by atoms with Gasteiger partial charge in [-0.1, -0.05) is 6.07 Å². The maximum Gasteiger partial charge on any atom is 0.319 e. The summed E-state index contributed by atoms with van der Waals surface area (Å²) in [4.78, 5) is 28.2. The Morgan fingerprint density at radius 3 is 3.00 bits per heavy atom. The monoisotopic (exact) mass is 330 g/mol. The molecule has 1 aromatic heterocycles. The van der Waals surface area contributed by atoms with Crippen molar-refractivity contribution in [3.63, 3.8) is 0 Å². The number of ketones is 1. The first-order chi connectivity index (χ1) is 11.2. The highest BCUT2D eigenvalue weighted by atomic mass is 32.1. The number of anilines is 2. The number of nitrogens with one attached hydrogen (secondary N) is 3. The highest BCUT2D eigenvalue weighted by molar-refractivity contribution is 7.13. The minimum Gasteiger partial charge on any atom is -0.365 e. The molecule has 23 heavy (non-hydrogen) atoms. The third-order valence-electron chi connectivity index (χ3n) is 3.71. The number of fused-ring (bicyclic) bond motifs is 1. The first-order valence-electron chi connectivity index (χ1n) is 7.49. The average Bonchev–Trinajstić information content (AvgIpc) is 3.02. The number of hydrogen-bond donors (Lipinski definition) is 3. The lowest BCUT2D eigenvalue weighted by Crippen LogP contribution is -2.28. The SMILES string of the molecule is CNc1nc(CNC(=O)Nc2ccc3c(c2)C(=O)CCC3)cs1. The van der Waals surface area contributed by atoms with E-state index in [0.717, 1.165) is 34.8 Å². The lowest BCUT2D eigenvalue weighted by molar-refractivity contribution is 0.0972. The van der Waals surface area contributed by atoms with Gasteiger partial charge in [0.1, 0.15) is 0 Å². The second-order valence-electron chi connectivity index (χ2n) is 5.35. The zero-order valence-corrected chi connectivity index (χ0v) is 13.6. The lowest BCUT2D eigenvalue weighted by atomic mass is 9.90. The summed E-state index contributed by atoms with van der Waals surface area (Å²) >= 11 is 1.49. The molecule has 3 N–H and O–H groups in total. The largest absolute Gasteiger partial charge is 0.365 e. The number of rotatable bonds is 4. The van der Waals surface area contributed by atoms with E-state index in [0.29, 0.717) is 18.7 Å². The molecule has 7 heteroatoms. The molecule has 0 radical (unpaired) electrons. The van der Waals surface area contributed by atoms with Crippen molar-refractivity contribution in [1.29, 1.82) is 0 Å². The van der Waals surface area contributed by atoms with Gasteiger partial charge in [-0.25, -0.2) is 9.78 Å². The molecular formula is C16H18N4O2S. The van der Waals surface area contributed by atoms with Crippen molar-refractivity contribution >= 4 is 34.0 Å². The zero-order chi connectivity index (χ0) is 16.2. The van der Waals surface area contributed by atoms with Crippen LogP contribution in [0.1, 0.15) is 34.5 Å². The van der Waals surface area contributed by atoms with Crippen molar-refractivity contribution in [3.8, 4) is 0 Å². The highest BCUT2D eigenvalue weighted by Crippen LogP contribution is 2.24. The average molecular weight is 330 g/mol. The van der Waals surface area contributed by atoms with Crippen molar-refractivity contribution < 1.29 is 9.59 Å². The zero-order valence-electron chi connectivity index (χ0n) is 12.8. The van der Waals surface area contributed by atoms with Gasteiger partial charge in [0.25, 0.3) is 0 Å². The van der Waals surface area contributed by atoms with Gasteiger partial charge >= 0.3 is 6.03 Å². The van der Waals surface area contributed by atoms with Gasteiger partial charge in [0.05, 0.1) is 12.2 Å². The van der Waals surface area contributed by atoms with Crippen LogP contribution in [-0.2, 0) is 13.0 Å². The molecule has 6 nitrogen and oxygen atoms in total. The number of hydrogen-bond acceptors (Lipinski definition) is 5. The van der Waals surface area contributed by atoms with Crippen LogP contribution in [-0.4, -0.2) is 23.8 Å². The fraction of sp³-hybridized carbons (Fsp3) is 0.312. The number of urea groups is 1. The van der Waals surface area contributed by atoms with Crippen molar-refractivity contribution in [1.82, 2.24) is 10.3 Å². The normalized spacial score (nSPS) is 13.3. The summed E-state index contributed by atoms with van der Waals surface area (Å²) in [6, 6.07) is 5.20. The second kappa shape index (κ2) is 6.78. The molecule has 1 aliphatic carbocycles. The van der Waals surface area contributed by atoms with Crippen LogP contribution >= 0.6 is 11.3 Å². The Morgan fingerprint density at radius 2 is 2.22 bits per heavy atom. The number of aromatic nitrogens is 1. The van der Waals surface area contributed by atoms with Gasteiger partial charge in [0.15, 0.2) is 10.9 Å². The molecule has 1 aromatic carbocycles. The number of Topliss-reactive ketones (excluding diaryl/α,β-unsaturated/α-hetero) is 1. The van der Waals surface area contributed by atoms with Crippen LogP contribution in [0, 0.1) is 0 Å². The number of thiazole rings is 1. The number of carbonyl (C=O) groups is 2. The van der Waals surface area contributed by atoms with E-state index in [1.54, 1.807) is 13.1 Å². The first kappa shape index (κ1) is 15.5. The van der Waals surface area contributed by atoms with E-state index in [-0.39, 0.29) is 11.8 Å². The summed E-state index contributed by atoms with van der Waals surface area (Å²) in [5, 5.41) is 11.2.